The van der Waals surface area contributed by atoms with Crippen LogP contribution in [0, 0.1) is 19.8 Å². The summed E-state index contributed by atoms with van der Waals surface area (Å²) in [6.07, 6.45) is 8.75. The summed E-state index contributed by atoms with van der Waals surface area (Å²) in [4.78, 5) is 4.41. The highest BCUT2D eigenvalue weighted by molar-refractivity contribution is 5.55. The number of benzene rings is 1. The van der Waals surface area contributed by atoms with E-state index in [1.807, 2.05) is 4.90 Å². The van der Waals surface area contributed by atoms with E-state index in [2.05, 4.69) is 49.1 Å². The molecule has 2 aliphatic rings. The minimum Gasteiger partial charge on any atom is -0.360 e. The van der Waals surface area contributed by atoms with Gasteiger partial charge in [-0.1, -0.05) is 24.3 Å². The van der Waals surface area contributed by atoms with Crippen molar-refractivity contribution in [3.05, 3.63) is 41.5 Å². The molecule has 0 unspecified atom stereocenters. The van der Waals surface area contributed by atoms with E-state index in [-0.39, 0.29) is 0 Å². The highest BCUT2D eigenvalue weighted by Gasteiger charge is 2.24. The van der Waals surface area contributed by atoms with Gasteiger partial charge in [0.2, 0.25) is 0 Å². The first-order valence-corrected chi connectivity index (χ1v) is 8.53. The minimum atomic E-state index is 0.928. The van der Waals surface area contributed by atoms with Gasteiger partial charge in [0.05, 0.1) is 32.7 Å². The second-order valence-electron chi connectivity index (χ2n) is 6.88. The second kappa shape index (κ2) is 6.65. The lowest BCUT2D eigenvalue weighted by molar-refractivity contribution is -0.904. The van der Waals surface area contributed by atoms with E-state index in [4.69, 9.17) is 0 Å². The fourth-order valence-corrected chi connectivity index (χ4v) is 3.78. The fraction of sp³-hybridized carbons (Fsp3) is 0.579. The molecule has 1 fully saturated rings. The molecule has 21 heavy (non-hydrogen) atoms. The SMILES string of the molecule is Cc1ccc(C)c(N2CC[NH+](C[C@H]3CC=CCC3)CC2)c1. The second-order valence-corrected chi connectivity index (χ2v) is 6.88. The van der Waals surface area contributed by atoms with E-state index < -0.39 is 0 Å². The van der Waals surface area contributed by atoms with Gasteiger partial charge in [0.25, 0.3) is 0 Å². The van der Waals surface area contributed by atoms with Gasteiger partial charge in [-0.3, -0.25) is 0 Å². The Bertz CT molecular complexity index is 498. The summed E-state index contributed by atoms with van der Waals surface area (Å²) in [6.45, 7) is 10.8. The number of anilines is 1. The zero-order valence-electron chi connectivity index (χ0n) is 13.6. The summed E-state index contributed by atoms with van der Waals surface area (Å²) >= 11 is 0. The van der Waals surface area contributed by atoms with Crippen LogP contribution in [0.5, 0.6) is 0 Å². The molecule has 114 valence electrons. The van der Waals surface area contributed by atoms with Crippen molar-refractivity contribution in [3.8, 4) is 0 Å². The summed E-state index contributed by atoms with van der Waals surface area (Å²) in [5, 5.41) is 0. The van der Waals surface area contributed by atoms with Crippen LogP contribution in [-0.4, -0.2) is 32.7 Å². The molecule has 2 nitrogen and oxygen atoms in total. The first-order chi connectivity index (χ1) is 10.2. The molecule has 0 aromatic heterocycles. The number of aryl methyl sites for hydroxylation is 2. The molecule has 0 amide bonds. The van der Waals surface area contributed by atoms with Crippen LogP contribution >= 0.6 is 0 Å². The quantitative estimate of drug-likeness (QED) is 0.838. The lowest BCUT2D eigenvalue weighted by Gasteiger charge is -2.36. The predicted octanol–water partition coefficient (Wildman–Crippen LogP) is 2.36. The van der Waals surface area contributed by atoms with Gasteiger partial charge in [0.1, 0.15) is 0 Å². The van der Waals surface area contributed by atoms with Crippen LogP contribution in [0.4, 0.5) is 5.69 Å². The third-order valence-corrected chi connectivity index (χ3v) is 5.13. The first kappa shape index (κ1) is 14.6. The van der Waals surface area contributed by atoms with Gasteiger partial charge < -0.3 is 9.80 Å². The number of allylic oxidation sites excluding steroid dienone is 2. The highest BCUT2D eigenvalue weighted by atomic mass is 15.3. The maximum absolute atomic E-state index is 2.59. The Balaban J connectivity index is 1.55. The van der Waals surface area contributed by atoms with Gasteiger partial charge >= 0.3 is 0 Å². The number of hydrogen-bond donors (Lipinski definition) is 1. The van der Waals surface area contributed by atoms with Crippen LogP contribution in [0.25, 0.3) is 0 Å². The van der Waals surface area contributed by atoms with Crippen molar-refractivity contribution < 1.29 is 4.90 Å². The molecule has 0 radical (unpaired) electrons. The normalized spacial score (nSPS) is 23.5. The predicted molar refractivity (Wildman–Crippen MR) is 90.2 cm³/mol. The minimum absolute atomic E-state index is 0.928. The van der Waals surface area contributed by atoms with Crippen molar-refractivity contribution >= 4 is 5.69 Å². The Hall–Kier alpha value is -1.28. The molecule has 1 heterocycles. The zero-order chi connectivity index (χ0) is 14.7. The van der Waals surface area contributed by atoms with Crippen molar-refractivity contribution in [2.75, 3.05) is 37.6 Å². The topological polar surface area (TPSA) is 7.68 Å². The van der Waals surface area contributed by atoms with E-state index >= 15 is 0 Å². The molecule has 1 aliphatic carbocycles. The molecule has 3 rings (SSSR count). The van der Waals surface area contributed by atoms with Crippen molar-refractivity contribution in [2.45, 2.75) is 33.1 Å². The largest absolute Gasteiger partial charge is 0.360 e. The maximum Gasteiger partial charge on any atom is 0.0949 e. The first-order valence-electron chi connectivity index (χ1n) is 8.53. The van der Waals surface area contributed by atoms with E-state index in [0.29, 0.717) is 0 Å². The molecular weight excluding hydrogens is 256 g/mol. The monoisotopic (exact) mass is 285 g/mol. The highest BCUT2D eigenvalue weighted by Crippen LogP contribution is 2.21. The van der Waals surface area contributed by atoms with Gasteiger partial charge in [0, 0.05) is 11.6 Å². The lowest BCUT2D eigenvalue weighted by atomic mass is 9.94. The summed E-state index contributed by atoms with van der Waals surface area (Å²) in [5.41, 5.74) is 4.25. The molecule has 1 N–H and O–H groups in total. The number of hydrogen-bond acceptors (Lipinski definition) is 1. The van der Waals surface area contributed by atoms with E-state index in [9.17, 15) is 0 Å². The Morgan fingerprint density at radius 2 is 1.95 bits per heavy atom. The summed E-state index contributed by atoms with van der Waals surface area (Å²) < 4.78 is 0. The number of rotatable bonds is 3. The van der Waals surface area contributed by atoms with Gasteiger partial charge in [-0.05, 0) is 50.3 Å². The van der Waals surface area contributed by atoms with E-state index in [1.54, 1.807) is 0 Å². The van der Waals surface area contributed by atoms with Crippen molar-refractivity contribution in [3.63, 3.8) is 0 Å². The Morgan fingerprint density at radius 3 is 2.67 bits per heavy atom. The smallest absolute Gasteiger partial charge is 0.0949 e. The molecule has 0 bridgehead atoms. The molecule has 1 aromatic carbocycles. The van der Waals surface area contributed by atoms with Gasteiger partial charge in [-0.2, -0.15) is 0 Å². The number of nitrogens with one attached hydrogen (secondary N) is 1. The van der Waals surface area contributed by atoms with Crippen molar-refractivity contribution in [2.24, 2.45) is 5.92 Å². The zero-order valence-corrected chi connectivity index (χ0v) is 13.6. The maximum atomic E-state index is 2.59. The molecule has 1 saturated heterocycles. The molecule has 2 heteroatoms. The third-order valence-electron chi connectivity index (χ3n) is 5.13. The summed E-state index contributed by atoms with van der Waals surface area (Å²) in [6, 6.07) is 6.83. The lowest BCUT2D eigenvalue weighted by Crippen LogP contribution is -3.15. The van der Waals surface area contributed by atoms with Crippen LogP contribution in [0.2, 0.25) is 0 Å². The number of piperazine rings is 1. The molecule has 1 atom stereocenters. The number of quaternary nitrogens is 1. The van der Waals surface area contributed by atoms with Crippen LogP contribution in [0.15, 0.2) is 30.4 Å². The standard InChI is InChI=1S/C19H28N2/c1-16-8-9-17(2)19(14-16)21-12-10-20(11-13-21)15-18-6-4-3-5-7-18/h3-4,8-9,14,18H,5-7,10-13,15H2,1-2H3/p+1/t18-/m0/s1. The Labute approximate surface area is 129 Å². The van der Waals surface area contributed by atoms with Crippen LogP contribution in [0.3, 0.4) is 0 Å². The van der Waals surface area contributed by atoms with Crippen molar-refractivity contribution in [1.29, 1.82) is 0 Å². The third kappa shape index (κ3) is 3.68. The molecule has 1 aliphatic heterocycles. The molecular formula is C19H29N2+. The van der Waals surface area contributed by atoms with Gasteiger partial charge in [-0.25, -0.2) is 0 Å². The molecule has 1 aromatic rings. The number of nitrogens with zero attached hydrogens (tertiary/aromatic N) is 1. The average molecular weight is 285 g/mol. The van der Waals surface area contributed by atoms with E-state index in [1.165, 1.54) is 68.8 Å². The molecule has 0 spiro atoms. The van der Waals surface area contributed by atoms with Crippen molar-refractivity contribution in [1.82, 2.24) is 0 Å². The van der Waals surface area contributed by atoms with Crippen LogP contribution < -0.4 is 9.80 Å². The Kier molecular flexibility index (Phi) is 4.64. The fourth-order valence-electron chi connectivity index (χ4n) is 3.78. The van der Waals surface area contributed by atoms with Gasteiger partial charge in [0.15, 0.2) is 0 Å². The summed E-state index contributed by atoms with van der Waals surface area (Å²) in [5.74, 6) is 0.928. The van der Waals surface area contributed by atoms with Crippen LogP contribution in [-0.2, 0) is 0 Å². The summed E-state index contributed by atoms with van der Waals surface area (Å²) in [7, 11) is 0. The Morgan fingerprint density at radius 1 is 1.14 bits per heavy atom. The molecule has 0 saturated carbocycles. The van der Waals surface area contributed by atoms with Gasteiger partial charge in [-0.15, -0.1) is 0 Å². The average Bonchev–Trinajstić information content (AvgIpc) is 2.52. The van der Waals surface area contributed by atoms with E-state index in [0.717, 1.165) is 5.92 Å². The van der Waals surface area contributed by atoms with Crippen LogP contribution in [0.1, 0.15) is 30.4 Å².